The highest BCUT2D eigenvalue weighted by Gasteiger charge is 2.30. The van der Waals surface area contributed by atoms with E-state index in [4.69, 9.17) is 9.15 Å². The highest BCUT2D eigenvalue weighted by Crippen LogP contribution is 2.13. The van der Waals surface area contributed by atoms with Gasteiger partial charge in [-0.1, -0.05) is 0 Å². The Kier molecular flexibility index (Phi) is 6.55. The molecule has 1 N–H and O–H groups in total. The SMILES string of the molecule is CCOC(=O)CCC(=O)N1CCCN1C(=O)CNC(=O)c1ccco1. The summed E-state index contributed by atoms with van der Waals surface area (Å²) in [4.78, 5) is 47.6. The van der Waals surface area contributed by atoms with Gasteiger partial charge in [-0.05, 0) is 25.5 Å². The Morgan fingerprint density at radius 1 is 1.16 bits per heavy atom. The summed E-state index contributed by atoms with van der Waals surface area (Å²) in [5, 5.41) is 5.07. The second-order valence-electron chi connectivity index (χ2n) is 5.35. The van der Waals surface area contributed by atoms with Gasteiger partial charge in [0, 0.05) is 19.5 Å². The van der Waals surface area contributed by atoms with Gasteiger partial charge in [-0.3, -0.25) is 24.2 Å². The third-order valence-electron chi connectivity index (χ3n) is 3.60. The Labute approximate surface area is 144 Å². The maximum Gasteiger partial charge on any atom is 0.306 e. The molecule has 0 radical (unpaired) electrons. The molecule has 9 heteroatoms. The van der Waals surface area contributed by atoms with Crippen molar-refractivity contribution in [3.05, 3.63) is 24.2 Å². The van der Waals surface area contributed by atoms with Crippen molar-refractivity contribution in [3.8, 4) is 0 Å². The molecule has 2 heterocycles. The molecular weight excluding hydrogens is 330 g/mol. The molecule has 0 aromatic carbocycles. The van der Waals surface area contributed by atoms with Gasteiger partial charge in [-0.2, -0.15) is 0 Å². The molecule has 0 atom stereocenters. The molecular formula is C16H21N3O6. The molecule has 0 unspecified atom stereocenters. The normalized spacial score (nSPS) is 13.6. The van der Waals surface area contributed by atoms with Crippen LogP contribution < -0.4 is 5.32 Å². The van der Waals surface area contributed by atoms with Crippen LogP contribution in [0.2, 0.25) is 0 Å². The van der Waals surface area contributed by atoms with Crippen molar-refractivity contribution in [1.82, 2.24) is 15.3 Å². The number of ether oxygens (including phenoxy) is 1. The maximum atomic E-state index is 12.3. The monoisotopic (exact) mass is 351 g/mol. The number of carbonyl (C=O) groups excluding carboxylic acids is 4. The van der Waals surface area contributed by atoms with Crippen LogP contribution in [0, 0.1) is 0 Å². The van der Waals surface area contributed by atoms with Crippen molar-refractivity contribution in [3.63, 3.8) is 0 Å². The molecule has 1 aliphatic heterocycles. The van der Waals surface area contributed by atoms with Crippen molar-refractivity contribution in [2.75, 3.05) is 26.2 Å². The number of nitrogens with one attached hydrogen (secondary N) is 1. The average molecular weight is 351 g/mol. The molecule has 1 saturated heterocycles. The summed E-state index contributed by atoms with van der Waals surface area (Å²) in [6.07, 6.45) is 1.95. The van der Waals surface area contributed by atoms with Gasteiger partial charge < -0.3 is 14.5 Å². The van der Waals surface area contributed by atoms with Gasteiger partial charge in [-0.25, -0.2) is 5.01 Å². The summed E-state index contributed by atoms with van der Waals surface area (Å²) in [5.74, 6) is -1.56. The van der Waals surface area contributed by atoms with Crippen molar-refractivity contribution in [2.24, 2.45) is 0 Å². The Morgan fingerprint density at radius 3 is 2.52 bits per heavy atom. The summed E-state index contributed by atoms with van der Waals surface area (Å²) in [7, 11) is 0. The van der Waals surface area contributed by atoms with Crippen molar-refractivity contribution in [1.29, 1.82) is 0 Å². The van der Waals surface area contributed by atoms with Gasteiger partial charge in [-0.15, -0.1) is 0 Å². The van der Waals surface area contributed by atoms with Gasteiger partial charge >= 0.3 is 5.97 Å². The first-order chi connectivity index (χ1) is 12.0. The van der Waals surface area contributed by atoms with E-state index in [-0.39, 0.29) is 37.7 Å². The van der Waals surface area contributed by atoms with Crippen LogP contribution in [-0.4, -0.2) is 59.9 Å². The van der Waals surface area contributed by atoms with Crippen molar-refractivity contribution in [2.45, 2.75) is 26.2 Å². The molecule has 0 bridgehead atoms. The molecule has 1 aromatic rings. The van der Waals surface area contributed by atoms with Gasteiger partial charge in [0.05, 0.1) is 25.8 Å². The minimum Gasteiger partial charge on any atom is -0.466 e. The third kappa shape index (κ3) is 5.07. The number of amides is 3. The van der Waals surface area contributed by atoms with Crippen LogP contribution in [0.3, 0.4) is 0 Å². The predicted octanol–water partition coefficient (Wildman–Crippen LogP) is 0.329. The van der Waals surface area contributed by atoms with Crippen LogP contribution in [0.25, 0.3) is 0 Å². The topological polar surface area (TPSA) is 109 Å². The predicted molar refractivity (Wildman–Crippen MR) is 85.0 cm³/mol. The molecule has 136 valence electrons. The lowest BCUT2D eigenvalue weighted by Crippen LogP contribution is -2.48. The smallest absolute Gasteiger partial charge is 0.306 e. The van der Waals surface area contributed by atoms with E-state index < -0.39 is 17.8 Å². The summed E-state index contributed by atoms with van der Waals surface area (Å²) >= 11 is 0. The summed E-state index contributed by atoms with van der Waals surface area (Å²) < 4.78 is 9.72. The van der Waals surface area contributed by atoms with E-state index in [9.17, 15) is 19.2 Å². The number of furan rings is 1. The van der Waals surface area contributed by atoms with Gasteiger partial charge in [0.2, 0.25) is 5.91 Å². The molecule has 1 aliphatic rings. The van der Waals surface area contributed by atoms with Crippen molar-refractivity contribution < 1.29 is 28.3 Å². The average Bonchev–Trinajstić information content (AvgIpc) is 3.28. The quantitative estimate of drug-likeness (QED) is 0.709. The van der Waals surface area contributed by atoms with Gasteiger partial charge in [0.25, 0.3) is 11.8 Å². The standard InChI is InChI=1S/C16H21N3O6/c1-2-24-15(22)7-6-13(20)18-8-4-9-19(18)14(21)11-17-16(23)12-5-3-10-25-12/h3,5,10H,2,4,6-9,11H2,1H3,(H,17,23). The first kappa shape index (κ1) is 18.5. The van der Waals surface area contributed by atoms with Crippen LogP contribution in [0.15, 0.2) is 22.8 Å². The molecule has 0 aliphatic carbocycles. The zero-order chi connectivity index (χ0) is 18.2. The van der Waals surface area contributed by atoms with Crippen LogP contribution in [0.5, 0.6) is 0 Å². The first-order valence-corrected chi connectivity index (χ1v) is 8.11. The Bertz CT molecular complexity index is 628. The van der Waals surface area contributed by atoms with Crippen molar-refractivity contribution >= 4 is 23.7 Å². The van der Waals surface area contributed by atoms with E-state index in [2.05, 4.69) is 5.32 Å². The Balaban J connectivity index is 1.82. The molecule has 3 amide bonds. The Morgan fingerprint density at radius 2 is 1.88 bits per heavy atom. The second kappa shape index (κ2) is 8.86. The number of hydrazine groups is 1. The lowest BCUT2D eigenvalue weighted by Gasteiger charge is -2.27. The van der Waals surface area contributed by atoms with E-state index in [1.807, 2.05) is 0 Å². The number of esters is 1. The number of rotatable bonds is 7. The number of hydrogen-bond donors (Lipinski definition) is 1. The highest BCUT2D eigenvalue weighted by molar-refractivity contribution is 5.94. The molecule has 1 aromatic heterocycles. The minimum absolute atomic E-state index is 0.0264. The lowest BCUT2D eigenvalue weighted by atomic mass is 10.3. The van der Waals surface area contributed by atoms with E-state index in [1.54, 1.807) is 13.0 Å². The van der Waals surface area contributed by atoms with E-state index in [0.29, 0.717) is 19.5 Å². The fraction of sp³-hybridized carbons (Fsp3) is 0.500. The fourth-order valence-electron chi connectivity index (χ4n) is 2.44. The molecule has 0 spiro atoms. The third-order valence-corrected chi connectivity index (χ3v) is 3.60. The van der Waals surface area contributed by atoms with Crippen LogP contribution in [-0.2, 0) is 19.1 Å². The lowest BCUT2D eigenvalue weighted by molar-refractivity contribution is -0.158. The van der Waals surface area contributed by atoms with Crippen LogP contribution in [0.4, 0.5) is 0 Å². The number of carbonyl (C=O) groups is 4. The first-order valence-electron chi connectivity index (χ1n) is 8.11. The maximum absolute atomic E-state index is 12.3. The summed E-state index contributed by atoms with van der Waals surface area (Å²) in [6, 6.07) is 3.06. The summed E-state index contributed by atoms with van der Waals surface area (Å²) in [6.45, 7) is 2.50. The zero-order valence-electron chi connectivity index (χ0n) is 14.0. The van der Waals surface area contributed by atoms with Gasteiger partial charge in [0.1, 0.15) is 0 Å². The summed E-state index contributed by atoms with van der Waals surface area (Å²) in [5.41, 5.74) is 0. The zero-order valence-corrected chi connectivity index (χ0v) is 14.0. The minimum atomic E-state index is -0.502. The van der Waals surface area contributed by atoms with Gasteiger partial charge in [0.15, 0.2) is 5.76 Å². The molecule has 0 saturated carbocycles. The number of hydrogen-bond acceptors (Lipinski definition) is 6. The van der Waals surface area contributed by atoms with Crippen LogP contribution >= 0.6 is 0 Å². The second-order valence-corrected chi connectivity index (χ2v) is 5.35. The number of nitrogens with zero attached hydrogens (tertiary/aromatic N) is 2. The molecule has 9 nitrogen and oxygen atoms in total. The van der Waals surface area contributed by atoms with E-state index in [1.165, 1.54) is 22.3 Å². The van der Waals surface area contributed by atoms with E-state index >= 15 is 0 Å². The van der Waals surface area contributed by atoms with Crippen LogP contribution in [0.1, 0.15) is 36.7 Å². The molecule has 2 rings (SSSR count). The Hall–Kier alpha value is -2.84. The largest absolute Gasteiger partial charge is 0.466 e. The highest BCUT2D eigenvalue weighted by atomic mass is 16.5. The fourth-order valence-corrected chi connectivity index (χ4v) is 2.44. The van der Waals surface area contributed by atoms with E-state index in [0.717, 1.165) is 0 Å². The molecule has 25 heavy (non-hydrogen) atoms. The molecule has 1 fully saturated rings.